The van der Waals surface area contributed by atoms with Crippen molar-refractivity contribution in [3.8, 4) is 0 Å². The molecule has 2 saturated heterocycles. The molecule has 3 aliphatic rings. The molecule has 15 heteroatoms. The Bertz CT molecular complexity index is 769. The van der Waals surface area contributed by atoms with Crippen molar-refractivity contribution in [2.24, 2.45) is 17.2 Å². The second-order valence-electron chi connectivity index (χ2n) is 10.7. The van der Waals surface area contributed by atoms with Crippen LogP contribution in [0.2, 0.25) is 0 Å². The number of rotatable bonds is 10. The lowest BCUT2D eigenvalue weighted by Crippen LogP contribution is -2.69. The molecular formula is C23H45FN6O8. The van der Waals surface area contributed by atoms with E-state index < -0.39 is 79.5 Å². The van der Waals surface area contributed by atoms with Gasteiger partial charge in [-0.2, -0.15) is 0 Å². The van der Waals surface area contributed by atoms with Crippen molar-refractivity contribution in [3.05, 3.63) is 0 Å². The van der Waals surface area contributed by atoms with E-state index in [0.717, 1.165) is 0 Å². The normalized spacial score (nSPS) is 44.9. The highest BCUT2D eigenvalue weighted by molar-refractivity contribution is 5.83. The molecule has 0 bridgehead atoms. The lowest BCUT2D eigenvalue weighted by molar-refractivity contribution is -0.305. The molecule has 3 fully saturated rings. The van der Waals surface area contributed by atoms with E-state index in [4.69, 9.17) is 41.6 Å². The van der Waals surface area contributed by atoms with Crippen molar-refractivity contribution in [2.75, 3.05) is 26.4 Å². The Balaban J connectivity index is 1.75. The molecule has 0 radical (unpaired) electrons. The lowest BCUT2D eigenvalue weighted by atomic mass is 9.83. The van der Waals surface area contributed by atoms with Crippen LogP contribution in [-0.4, -0.2) is 132 Å². The van der Waals surface area contributed by atoms with Crippen molar-refractivity contribution in [1.29, 1.82) is 5.41 Å². The first kappa shape index (κ1) is 31.4. The van der Waals surface area contributed by atoms with Gasteiger partial charge in [0.2, 0.25) is 0 Å². The van der Waals surface area contributed by atoms with Gasteiger partial charge in [0.1, 0.15) is 48.6 Å². The molecule has 13 N–H and O–H groups in total. The molecule has 14 nitrogen and oxygen atoms in total. The van der Waals surface area contributed by atoms with E-state index in [-0.39, 0.29) is 31.5 Å². The quantitative estimate of drug-likeness (QED) is 0.0715. The van der Waals surface area contributed by atoms with Crippen LogP contribution in [0.3, 0.4) is 0 Å². The van der Waals surface area contributed by atoms with E-state index in [1.54, 1.807) is 0 Å². The molecule has 0 aromatic rings. The highest BCUT2D eigenvalue weighted by Gasteiger charge is 2.51. The molecule has 2 heterocycles. The number of nitrogens with one attached hydrogen (secondary N) is 3. The van der Waals surface area contributed by atoms with Crippen molar-refractivity contribution in [1.82, 2.24) is 10.6 Å². The topological polar surface area (TPSA) is 244 Å². The largest absolute Gasteiger partial charge is 0.388 e. The summed E-state index contributed by atoms with van der Waals surface area (Å²) in [5, 5.41) is 56.0. The fourth-order valence-corrected chi connectivity index (χ4v) is 4.96. The van der Waals surface area contributed by atoms with Crippen molar-refractivity contribution in [3.63, 3.8) is 0 Å². The number of alkyl halides is 1. The summed E-state index contributed by atoms with van der Waals surface area (Å²) in [6.45, 7) is 2.73. The third-order valence-corrected chi connectivity index (χ3v) is 7.41. The van der Waals surface area contributed by atoms with Gasteiger partial charge >= 0.3 is 0 Å². The third kappa shape index (κ3) is 7.56. The zero-order valence-corrected chi connectivity index (χ0v) is 21.9. The number of aliphatic hydroxyl groups is 4. The smallest absolute Gasteiger partial charge is 0.185 e. The third-order valence-electron chi connectivity index (χ3n) is 7.41. The highest BCUT2D eigenvalue weighted by Crippen LogP contribution is 2.31. The van der Waals surface area contributed by atoms with Crippen molar-refractivity contribution >= 4 is 5.84 Å². The molecule has 1 saturated carbocycles. The van der Waals surface area contributed by atoms with Gasteiger partial charge in [-0.15, -0.1) is 0 Å². The average molecular weight is 553 g/mol. The summed E-state index contributed by atoms with van der Waals surface area (Å²) in [5.74, 6) is -0.214. The zero-order valence-electron chi connectivity index (χ0n) is 21.9. The molecular weight excluding hydrogens is 507 g/mol. The predicted octanol–water partition coefficient (Wildman–Crippen LogP) is -3.65. The molecule has 3 rings (SSSR count). The van der Waals surface area contributed by atoms with Crippen LogP contribution in [0.1, 0.15) is 33.1 Å². The van der Waals surface area contributed by atoms with Crippen molar-refractivity contribution in [2.45, 2.75) is 112 Å². The SMILES string of the molecule is CC(O)C(=N)N[C@@H]1C[C@H](N)C(O[C@H]2O[C@H](CNCCF)CCC2N)C(O)C1O[C@H]1OCC(C)(O)[C@H](N)C1O. The van der Waals surface area contributed by atoms with Gasteiger partial charge in [0, 0.05) is 19.1 Å². The summed E-state index contributed by atoms with van der Waals surface area (Å²) in [6.07, 6.45) is -7.15. The maximum absolute atomic E-state index is 12.4. The first-order valence-electron chi connectivity index (χ1n) is 13.1. The molecule has 0 amide bonds. The van der Waals surface area contributed by atoms with E-state index >= 15 is 0 Å². The number of amidine groups is 1. The van der Waals surface area contributed by atoms with Crippen LogP contribution in [0.15, 0.2) is 0 Å². The van der Waals surface area contributed by atoms with Gasteiger partial charge in [0.25, 0.3) is 0 Å². The molecule has 38 heavy (non-hydrogen) atoms. The van der Waals surface area contributed by atoms with Gasteiger partial charge in [0.05, 0.1) is 30.8 Å². The number of hydrogen-bond acceptors (Lipinski definition) is 13. The fourth-order valence-electron chi connectivity index (χ4n) is 4.96. The Labute approximate surface area is 221 Å². The Morgan fingerprint density at radius 1 is 1.13 bits per heavy atom. The van der Waals surface area contributed by atoms with Gasteiger partial charge < -0.3 is 67.2 Å². The zero-order chi connectivity index (χ0) is 28.2. The van der Waals surface area contributed by atoms with E-state index in [9.17, 15) is 24.8 Å². The minimum Gasteiger partial charge on any atom is -0.388 e. The first-order chi connectivity index (χ1) is 17.9. The number of ether oxygens (including phenoxy) is 4. The van der Waals surface area contributed by atoms with Crippen LogP contribution in [0.5, 0.6) is 0 Å². The first-order valence-corrected chi connectivity index (χ1v) is 13.1. The van der Waals surface area contributed by atoms with Gasteiger partial charge in [-0.05, 0) is 33.1 Å². The van der Waals surface area contributed by atoms with E-state index in [0.29, 0.717) is 19.4 Å². The van der Waals surface area contributed by atoms with Gasteiger partial charge in [0.15, 0.2) is 12.6 Å². The fraction of sp³-hybridized carbons (Fsp3) is 0.957. The Morgan fingerprint density at radius 3 is 2.47 bits per heavy atom. The Morgan fingerprint density at radius 2 is 1.82 bits per heavy atom. The summed E-state index contributed by atoms with van der Waals surface area (Å²) in [7, 11) is 0. The maximum Gasteiger partial charge on any atom is 0.185 e. The number of aliphatic hydroxyl groups excluding tert-OH is 3. The summed E-state index contributed by atoms with van der Waals surface area (Å²) in [4.78, 5) is 0. The second-order valence-corrected chi connectivity index (χ2v) is 10.7. The number of hydrogen-bond donors (Lipinski definition) is 10. The maximum atomic E-state index is 12.4. The lowest BCUT2D eigenvalue weighted by Gasteiger charge is -2.48. The van der Waals surface area contributed by atoms with Crippen molar-refractivity contribution < 1.29 is 43.8 Å². The van der Waals surface area contributed by atoms with Crippen LogP contribution >= 0.6 is 0 Å². The van der Waals surface area contributed by atoms with Gasteiger partial charge in [-0.1, -0.05) is 0 Å². The predicted molar refractivity (Wildman–Crippen MR) is 134 cm³/mol. The van der Waals surface area contributed by atoms with Gasteiger partial charge in [-0.3, -0.25) is 5.41 Å². The molecule has 0 aromatic carbocycles. The second kappa shape index (κ2) is 13.5. The molecule has 0 spiro atoms. The Kier molecular flexibility index (Phi) is 11.2. The number of halogens is 1. The number of nitrogens with two attached hydrogens (primary N) is 3. The minimum absolute atomic E-state index is 0.150. The van der Waals surface area contributed by atoms with E-state index in [1.807, 2.05) is 0 Å². The minimum atomic E-state index is -1.49. The average Bonchev–Trinajstić information content (AvgIpc) is 2.85. The summed E-state index contributed by atoms with van der Waals surface area (Å²) < 4.78 is 36.0. The van der Waals surface area contributed by atoms with Crippen LogP contribution in [0.4, 0.5) is 4.39 Å². The van der Waals surface area contributed by atoms with Crippen LogP contribution < -0.4 is 27.8 Å². The molecule has 0 aromatic heterocycles. The highest BCUT2D eigenvalue weighted by atomic mass is 19.1. The van der Waals surface area contributed by atoms with Crippen LogP contribution in [0, 0.1) is 5.41 Å². The van der Waals surface area contributed by atoms with E-state index in [1.165, 1.54) is 13.8 Å². The Hall–Kier alpha value is -1.08. The van der Waals surface area contributed by atoms with E-state index in [2.05, 4.69) is 10.6 Å². The van der Waals surface area contributed by atoms with Crippen LogP contribution in [-0.2, 0) is 18.9 Å². The standard InChI is InChI=1S/C23H45FN6O8/c1-10(31)20(28)30-14-7-13(26)17(37-21-12(25)4-3-11(36-21)8-29-6-5-24)15(32)18(14)38-22-16(33)19(27)23(2,34)9-35-22/h10-19,21-22,29,31-34H,3-9,25-27H2,1-2H3,(H2,28,30)/t10?,11-,12?,13-,14+,15?,16?,17?,18?,19+,21+,22+,23?/m0/s1. The molecule has 7 unspecified atom stereocenters. The molecule has 1 aliphatic carbocycles. The summed E-state index contributed by atoms with van der Waals surface area (Å²) >= 11 is 0. The molecule has 2 aliphatic heterocycles. The van der Waals surface area contributed by atoms with Crippen LogP contribution in [0.25, 0.3) is 0 Å². The monoisotopic (exact) mass is 552 g/mol. The molecule has 222 valence electrons. The summed E-state index contributed by atoms with van der Waals surface area (Å²) in [6, 6.07) is -3.09. The molecule has 13 atom stereocenters. The van der Waals surface area contributed by atoms with Gasteiger partial charge in [-0.25, -0.2) is 4.39 Å². The summed E-state index contributed by atoms with van der Waals surface area (Å²) in [5.41, 5.74) is 17.1.